The van der Waals surface area contributed by atoms with E-state index >= 15 is 0 Å². The predicted octanol–water partition coefficient (Wildman–Crippen LogP) is 2.21. The quantitative estimate of drug-likeness (QED) is 0.834. The van der Waals surface area contributed by atoms with Crippen molar-refractivity contribution in [3.05, 3.63) is 29.8 Å². The van der Waals surface area contributed by atoms with Gasteiger partial charge in [-0.1, -0.05) is 20.8 Å². The second-order valence-electron chi connectivity index (χ2n) is 7.65. The molecule has 1 aliphatic rings. The number of ether oxygens (including phenoxy) is 1. The monoisotopic (exact) mass is 383 g/mol. The molecule has 1 aromatic rings. The summed E-state index contributed by atoms with van der Waals surface area (Å²) < 4.78 is 5.10. The molecule has 26 heavy (non-hydrogen) atoms. The van der Waals surface area contributed by atoms with Crippen molar-refractivity contribution >= 4 is 24.2 Å². The molecule has 7 heteroatoms. The van der Waals surface area contributed by atoms with Gasteiger partial charge in [-0.3, -0.25) is 9.59 Å². The van der Waals surface area contributed by atoms with Crippen LogP contribution >= 0.6 is 12.4 Å². The SMILES string of the molecule is COc1ccc(C(=O)NC2CCN(C(=O)C(N)C(C)(C)C)CC2)cc1.Cl. The van der Waals surface area contributed by atoms with Gasteiger partial charge >= 0.3 is 0 Å². The minimum atomic E-state index is -0.502. The lowest BCUT2D eigenvalue weighted by molar-refractivity contribution is -0.136. The van der Waals surface area contributed by atoms with Crippen LogP contribution in [0.4, 0.5) is 0 Å². The Morgan fingerprint density at radius 1 is 1.19 bits per heavy atom. The summed E-state index contributed by atoms with van der Waals surface area (Å²) >= 11 is 0. The van der Waals surface area contributed by atoms with Gasteiger partial charge in [-0.2, -0.15) is 0 Å². The molecule has 0 spiro atoms. The summed E-state index contributed by atoms with van der Waals surface area (Å²) in [6.07, 6.45) is 1.48. The summed E-state index contributed by atoms with van der Waals surface area (Å²) in [5, 5.41) is 3.04. The van der Waals surface area contributed by atoms with Crippen LogP contribution in [0.5, 0.6) is 5.75 Å². The van der Waals surface area contributed by atoms with Crippen LogP contribution in [0.25, 0.3) is 0 Å². The van der Waals surface area contributed by atoms with E-state index in [0.717, 1.165) is 18.6 Å². The Hall–Kier alpha value is -1.79. The first kappa shape index (κ1) is 22.3. The number of hydrogen-bond donors (Lipinski definition) is 2. The number of nitrogens with zero attached hydrogens (tertiary/aromatic N) is 1. The Morgan fingerprint density at radius 3 is 2.19 bits per heavy atom. The molecule has 0 saturated carbocycles. The number of nitrogens with one attached hydrogen (secondary N) is 1. The van der Waals surface area contributed by atoms with Gasteiger partial charge in [0.25, 0.3) is 5.91 Å². The molecular formula is C19H30ClN3O3. The molecule has 1 fully saturated rings. The number of carbonyl (C=O) groups is 2. The van der Waals surface area contributed by atoms with Gasteiger partial charge in [0.2, 0.25) is 5.91 Å². The van der Waals surface area contributed by atoms with Crippen LogP contribution in [-0.2, 0) is 4.79 Å². The van der Waals surface area contributed by atoms with Gasteiger partial charge in [0, 0.05) is 24.7 Å². The van der Waals surface area contributed by atoms with Crippen LogP contribution in [0.2, 0.25) is 0 Å². The second kappa shape index (κ2) is 9.24. The predicted molar refractivity (Wildman–Crippen MR) is 105 cm³/mol. The summed E-state index contributed by atoms with van der Waals surface area (Å²) in [7, 11) is 1.59. The minimum absolute atomic E-state index is 0. The van der Waals surface area contributed by atoms with Crippen molar-refractivity contribution in [2.45, 2.75) is 45.7 Å². The highest BCUT2D eigenvalue weighted by Gasteiger charge is 2.33. The Kier molecular flexibility index (Phi) is 7.90. The first-order valence-electron chi connectivity index (χ1n) is 8.71. The number of halogens is 1. The van der Waals surface area contributed by atoms with Crippen LogP contribution in [0.15, 0.2) is 24.3 Å². The molecular weight excluding hydrogens is 354 g/mol. The molecule has 1 saturated heterocycles. The molecule has 1 atom stereocenters. The Morgan fingerprint density at radius 2 is 1.73 bits per heavy atom. The summed E-state index contributed by atoms with van der Waals surface area (Å²) in [5.74, 6) is 0.616. The van der Waals surface area contributed by atoms with Gasteiger partial charge < -0.3 is 20.7 Å². The molecule has 3 N–H and O–H groups in total. The smallest absolute Gasteiger partial charge is 0.251 e. The first-order valence-corrected chi connectivity index (χ1v) is 8.71. The molecule has 0 bridgehead atoms. The van der Waals surface area contributed by atoms with E-state index < -0.39 is 6.04 Å². The van der Waals surface area contributed by atoms with Crippen molar-refractivity contribution in [1.82, 2.24) is 10.2 Å². The Balaban J connectivity index is 0.00000338. The molecule has 1 aromatic carbocycles. The van der Waals surface area contributed by atoms with Crippen molar-refractivity contribution in [3.63, 3.8) is 0 Å². The Labute approximate surface area is 161 Å². The number of nitrogens with two attached hydrogens (primary N) is 1. The van der Waals surface area contributed by atoms with E-state index in [2.05, 4.69) is 5.32 Å². The highest BCUT2D eigenvalue weighted by molar-refractivity contribution is 5.94. The highest BCUT2D eigenvalue weighted by atomic mass is 35.5. The minimum Gasteiger partial charge on any atom is -0.497 e. The van der Waals surface area contributed by atoms with Crippen LogP contribution in [0, 0.1) is 5.41 Å². The molecule has 1 unspecified atom stereocenters. The summed E-state index contributed by atoms with van der Waals surface area (Å²) in [5.41, 5.74) is 6.42. The van der Waals surface area contributed by atoms with E-state index in [1.54, 1.807) is 31.4 Å². The lowest BCUT2D eigenvalue weighted by atomic mass is 9.86. The van der Waals surface area contributed by atoms with E-state index in [0.29, 0.717) is 18.7 Å². The van der Waals surface area contributed by atoms with Crippen molar-refractivity contribution in [2.24, 2.45) is 11.1 Å². The van der Waals surface area contributed by atoms with Gasteiger partial charge in [0.15, 0.2) is 0 Å². The number of rotatable bonds is 4. The molecule has 1 heterocycles. The van der Waals surface area contributed by atoms with Crippen molar-refractivity contribution in [3.8, 4) is 5.75 Å². The van der Waals surface area contributed by atoms with E-state index in [1.165, 1.54) is 0 Å². The second-order valence-corrected chi connectivity index (χ2v) is 7.65. The zero-order valence-corrected chi connectivity index (χ0v) is 16.8. The Bertz CT molecular complexity index is 605. The maximum atomic E-state index is 12.5. The zero-order valence-electron chi connectivity index (χ0n) is 16.0. The molecule has 0 aliphatic carbocycles. The van der Waals surface area contributed by atoms with Gasteiger partial charge in [-0.25, -0.2) is 0 Å². The zero-order chi connectivity index (χ0) is 18.6. The fourth-order valence-corrected chi connectivity index (χ4v) is 2.82. The molecule has 2 rings (SSSR count). The number of methoxy groups -OCH3 is 1. The summed E-state index contributed by atoms with van der Waals surface area (Å²) in [6.45, 7) is 7.15. The molecule has 2 amide bonds. The molecule has 146 valence electrons. The number of amides is 2. The van der Waals surface area contributed by atoms with Crippen LogP contribution in [-0.4, -0.2) is 49.0 Å². The van der Waals surface area contributed by atoms with Crippen molar-refractivity contribution in [2.75, 3.05) is 20.2 Å². The normalized spacial score (nSPS) is 16.4. The van der Waals surface area contributed by atoms with E-state index in [4.69, 9.17) is 10.5 Å². The fourth-order valence-electron chi connectivity index (χ4n) is 2.82. The topological polar surface area (TPSA) is 84.7 Å². The number of piperidine rings is 1. The van der Waals surface area contributed by atoms with E-state index in [1.807, 2.05) is 25.7 Å². The number of likely N-dealkylation sites (tertiary alicyclic amines) is 1. The molecule has 0 radical (unpaired) electrons. The van der Waals surface area contributed by atoms with Crippen LogP contribution in [0.1, 0.15) is 44.0 Å². The van der Waals surface area contributed by atoms with Crippen molar-refractivity contribution in [1.29, 1.82) is 0 Å². The van der Waals surface area contributed by atoms with Gasteiger partial charge in [-0.05, 0) is 42.5 Å². The van der Waals surface area contributed by atoms with Crippen molar-refractivity contribution < 1.29 is 14.3 Å². The largest absolute Gasteiger partial charge is 0.497 e. The van der Waals surface area contributed by atoms with Crippen LogP contribution < -0.4 is 15.8 Å². The standard InChI is InChI=1S/C19H29N3O3.ClH/c1-19(2,3)16(20)18(24)22-11-9-14(10-12-22)21-17(23)13-5-7-15(25-4)8-6-13;/h5-8,14,16H,9-12,20H2,1-4H3,(H,21,23);1H. The van der Waals surface area contributed by atoms with E-state index in [9.17, 15) is 9.59 Å². The highest BCUT2D eigenvalue weighted by Crippen LogP contribution is 2.21. The molecule has 1 aliphatic heterocycles. The lowest BCUT2D eigenvalue weighted by Crippen LogP contribution is -2.54. The third kappa shape index (κ3) is 5.61. The average molecular weight is 384 g/mol. The maximum absolute atomic E-state index is 12.5. The number of hydrogen-bond acceptors (Lipinski definition) is 4. The van der Waals surface area contributed by atoms with Crippen LogP contribution in [0.3, 0.4) is 0 Å². The number of benzene rings is 1. The average Bonchev–Trinajstić information content (AvgIpc) is 2.60. The fraction of sp³-hybridized carbons (Fsp3) is 0.579. The number of carbonyl (C=O) groups excluding carboxylic acids is 2. The van der Waals surface area contributed by atoms with Gasteiger partial charge in [0.1, 0.15) is 5.75 Å². The third-order valence-electron chi connectivity index (χ3n) is 4.69. The summed E-state index contributed by atoms with van der Waals surface area (Å²) in [6, 6.07) is 6.60. The first-order chi connectivity index (χ1) is 11.7. The third-order valence-corrected chi connectivity index (χ3v) is 4.69. The maximum Gasteiger partial charge on any atom is 0.251 e. The van der Waals surface area contributed by atoms with Gasteiger partial charge in [-0.15, -0.1) is 12.4 Å². The van der Waals surface area contributed by atoms with Gasteiger partial charge in [0.05, 0.1) is 13.2 Å². The molecule has 0 aromatic heterocycles. The summed E-state index contributed by atoms with van der Waals surface area (Å²) in [4.78, 5) is 26.6. The lowest BCUT2D eigenvalue weighted by Gasteiger charge is -2.36. The van der Waals surface area contributed by atoms with E-state index in [-0.39, 0.29) is 35.7 Å². The molecule has 6 nitrogen and oxygen atoms in total.